The molecule has 0 aromatic rings. The fourth-order valence-electron chi connectivity index (χ4n) is 4.13. The van der Waals surface area contributed by atoms with Crippen molar-refractivity contribution in [2.75, 3.05) is 6.54 Å². The molecule has 0 radical (unpaired) electrons. The smallest absolute Gasteiger partial charge is 0.338 e. The predicted molar refractivity (Wildman–Crippen MR) is 84.1 cm³/mol. The first kappa shape index (κ1) is 19.1. The van der Waals surface area contributed by atoms with E-state index in [0.717, 1.165) is 32.1 Å². The second kappa shape index (κ2) is 6.23. The lowest BCUT2D eigenvalue weighted by molar-refractivity contribution is -0.176. The van der Waals surface area contributed by atoms with E-state index in [1.807, 2.05) is 12.2 Å². The van der Waals surface area contributed by atoms with E-state index in [4.69, 9.17) is 0 Å². The number of alkyl halides is 3. The first-order valence-corrected chi connectivity index (χ1v) is 8.54. The number of likely N-dealkylation sites (tertiary alicyclic amines) is 1. The zero-order valence-corrected chi connectivity index (χ0v) is 14.8. The molecule has 2 atom stereocenters. The Balaban J connectivity index is 2.18. The maximum absolute atomic E-state index is 12.9. The van der Waals surface area contributed by atoms with Crippen molar-refractivity contribution in [2.24, 2.45) is 10.8 Å². The summed E-state index contributed by atoms with van der Waals surface area (Å²) < 4.78 is 37.9. The largest absolute Gasteiger partial charge is 0.471 e. The van der Waals surface area contributed by atoms with Crippen LogP contribution in [0.3, 0.4) is 0 Å². The van der Waals surface area contributed by atoms with Crippen LogP contribution in [0.15, 0.2) is 0 Å². The van der Waals surface area contributed by atoms with Crippen LogP contribution in [0.2, 0.25) is 0 Å². The molecule has 4 nitrogen and oxygen atoms in total. The highest BCUT2D eigenvalue weighted by Crippen LogP contribution is 2.48. The van der Waals surface area contributed by atoms with Gasteiger partial charge in [-0.3, -0.25) is 9.59 Å². The van der Waals surface area contributed by atoms with Crippen LogP contribution in [-0.2, 0) is 9.59 Å². The summed E-state index contributed by atoms with van der Waals surface area (Å²) in [6.07, 6.45) is 0.312. The van der Waals surface area contributed by atoms with E-state index in [0.29, 0.717) is 6.54 Å². The Morgan fingerprint density at radius 2 is 1.71 bits per heavy atom. The molecule has 2 rings (SSSR count). The SMILES string of the molecule is C[C@@H]1CC2(CCCC2)CN1C(=O)[C@@H](NC(=O)C(F)(F)F)C(C)(C)C. The molecule has 0 bridgehead atoms. The first-order valence-electron chi connectivity index (χ1n) is 8.54. The Morgan fingerprint density at radius 3 is 2.17 bits per heavy atom. The van der Waals surface area contributed by atoms with Crippen molar-refractivity contribution in [1.29, 1.82) is 0 Å². The first-order chi connectivity index (χ1) is 10.9. The molecule has 1 spiro atoms. The Morgan fingerprint density at radius 1 is 1.17 bits per heavy atom. The zero-order valence-electron chi connectivity index (χ0n) is 14.8. The fraction of sp³-hybridized carbons (Fsp3) is 0.882. The van der Waals surface area contributed by atoms with Crippen molar-refractivity contribution in [2.45, 2.75) is 78.1 Å². The molecule has 7 heteroatoms. The number of amides is 2. The second-order valence-electron chi connectivity index (χ2n) is 8.50. The van der Waals surface area contributed by atoms with Gasteiger partial charge in [0.1, 0.15) is 6.04 Å². The maximum atomic E-state index is 12.9. The number of rotatable bonds is 2. The summed E-state index contributed by atoms with van der Waals surface area (Å²) in [6, 6.07) is -1.20. The number of hydrogen-bond acceptors (Lipinski definition) is 2. The van der Waals surface area contributed by atoms with Crippen molar-refractivity contribution in [1.82, 2.24) is 10.2 Å². The van der Waals surface area contributed by atoms with E-state index in [2.05, 4.69) is 0 Å². The van der Waals surface area contributed by atoms with Crippen molar-refractivity contribution >= 4 is 11.8 Å². The number of carbonyl (C=O) groups is 2. The van der Waals surface area contributed by atoms with E-state index >= 15 is 0 Å². The molecule has 0 aromatic carbocycles. The fourth-order valence-corrected chi connectivity index (χ4v) is 4.13. The van der Waals surface area contributed by atoms with Crippen molar-refractivity contribution in [3.05, 3.63) is 0 Å². The van der Waals surface area contributed by atoms with Gasteiger partial charge in [0.2, 0.25) is 5.91 Å². The lowest BCUT2D eigenvalue weighted by Gasteiger charge is -2.35. The quantitative estimate of drug-likeness (QED) is 0.833. The van der Waals surface area contributed by atoms with Gasteiger partial charge in [-0.25, -0.2) is 0 Å². The van der Waals surface area contributed by atoms with Gasteiger partial charge in [-0.1, -0.05) is 33.6 Å². The number of nitrogens with zero attached hydrogens (tertiary/aromatic N) is 1. The summed E-state index contributed by atoms with van der Waals surface area (Å²) in [5, 5.41) is 1.92. The highest BCUT2D eigenvalue weighted by Gasteiger charge is 2.49. The minimum Gasteiger partial charge on any atom is -0.338 e. The van der Waals surface area contributed by atoms with Gasteiger partial charge in [-0.15, -0.1) is 0 Å². The van der Waals surface area contributed by atoms with Crippen LogP contribution in [0.4, 0.5) is 13.2 Å². The number of nitrogens with one attached hydrogen (secondary N) is 1. The van der Waals surface area contributed by atoms with Crippen LogP contribution < -0.4 is 5.32 Å². The van der Waals surface area contributed by atoms with Gasteiger partial charge in [-0.05, 0) is 37.0 Å². The Bertz CT molecular complexity index is 505. The molecule has 1 heterocycles. The van der Waals surface area contributed by atoms with Crippen molar-refractivity contribution in [3.8, 4) is 0 Å². The molecule has 2 aliphatic rings. The average molecular weight is 348 g/mol. The van der Waals surface area contributed by atoms with Gasteiger partial charge in [-0.2, -0.15) is 13.2 Å². The van der Waals surface area contributed by atoms with Gasteiger partial charge in [0.15, 0.2) is 0 Å². The zero-order chi connectivity index (χ0) is 18.3. The van der Waals surface area contributed by atoms with E-state index < -0.39 is 29.4 Å². The highest BCUT2D eigenvalue weighted by molar-refractivity contribution is 5.90. The molecule has 2 amide bonds. The third kappa shape index (κ3) is 3.86. The summed E-state index contributed by atoms with van der Waals surface area (Å²) >= 11 is 0. The van der Waals surface area contributed by atoms with Gasteiger partial charge in [0, 0.05) is 12.6 Å². The normalized spacial score (nSPS) is 25.1. The van der Waals surface area contributed by atoms with E-state index in [1.165, 1.54) is 0 Å². The number of halogens is 3. The molecule has 0 unspecified atom stereocenters. The lowest BCUT2D eigenvalue weighted by Crippen LogP contribution is -2.57. The van der Waals surface area contributed by atoms with Crippen LogP contribution in [0.5, 0.6) is 0 Å². The summed E-state index contributed by atoms with van der Waals surface area (Å²) in [4.78, 5) is 26.0. The molecule has 2 fully saturated rings. The Hall–Kier alpha value is -1.27. The molecule has 1 saturated heterocycles. The summed E-state index contributed by atoms with van der Waals surface area (Å²) in [6.45, 7) is 7.52. The molecular weight excluding hydrogens is 321 g/mol. The maximum Gasteiger partial charge on any atom is 0.471 e. The molecule has 1 N–H and O–H groups in total. The summed E-state index contributed by atoms with van der Waals surface area (Å²) in [7, 11) is 0. The molecule has 0 aromatic heterocycles. The van der Waals surface area contributed by atoms with Crippen molar-refractivity contribution in [3.63, 3.8) is 0 Å². The second-order valence-corrected chi connectivity index (χ2v) is 8.50. The third-order valence-electron chi connectivity index (χ3n) is 5.36. The minimum atomic E-state index is -4.99. The number of carbonyl (C=O) groups excluding carboxylic acids is 2. The molecule has 138 valence electrons. The van der Waals surface area contributed by atoms with Crippen LogP contribution in [-0.4, -0.2) is 41.5 Å². The Labute approximate surface area is 141 Å². The third-order valence-corrected chi connectivity index (χ3v) is 5.36. The van der Waals surface area contributed by atoms with E-state index in [-0.39, 0.29) is 11.5 Å². The van der Waals surface area contributed by atoms with Crippen molar-refractivity contribution < 1.29 is 22.8 Å². The lowest BCUT2D eigenvalue weighted by atomic mass is 9.84. The standard InChI is InChI=1S/C17H27F3N2O2/c1-11-9-16(7-5-6-8-16)10-22(11)13(23)12(15(2,3)4)21-14(24)17(18,19)20/h11-12H,5-10H2,1-4H3,(H,21,24)/t11-,12-/m1/s1. The average Bonchev–Trinajstić information content (AvgIpc) is 3.00. The van der Waals surface area contributed by atoms with Gasteiger partial charge >= 0.3 is 12.1 Å². The van der Waals surface area contributed by atoms with Crippen LogP contribution in [0.25, 0.3) is 0 Å². The van der Waals surface area contributed by atoms with Crippen LogP contribution >= 0.6 is 0 Å². The molecule has 1 aliphatic heterocycles. The monoisotopic (exact) mass is 348 g/mol. The van der Waals surface area contributed by atoms with Gasteiger partial charge < -0.3 is 10.2 Å². The topological polar surface area (TPSA) is 49.4 Å². The van der Waals surface area contributed by atoms with E-state index in [1.54, 1.807) is 25.7 Å². The van der Waals surface area contributed by atoms with Crippen LogP contribution in [0.1, 0.15) is 59.8 Å². The van der Waals surface area contributed by atoms with Crippen LogP contribution in [0, 0.1) is 10.8 Å². The predicted octanol–water partition coefficient (Wildman–Crippen LogP) is 3.26. The van der Waals surface area contributed by atoms with Gasteiger partial charge in [0.05, 0.1) is 0 Å². The summed E-state index contributed by atoms with van der Waals surface area (Å²) in [5.41, 5.74) is -0.686. The molecule has 1 saturated carbocycles. The van der Waals surface area contributed by atoms with Gasteiger partial charge in [0.25, 0.3) is 0 Å². The van der Waals surface area contributed by atoms with E-state index in [9.17, 15) is 22.8 Å². The summed E-state index contributed by atoms with van der Waals surface area (Å²) in [5.74, 6) is -2.46. The number of hydrogen-bond donors (Lipinski definition) is 1. The molecular formula is C17H27F3N2O2. The minimum absolute atomic E-state index is 0.0109. The molecule has 24 heavy (non-hydrogen) atoms. The molecule has 1 aliphatic carbocycles. The Kier molecular flexibility index (Phi) is 4.94. The highest BCUT2D eigenvalue weighted by atomic mass is 19.4.